The number of alkyl halides is 3. The highest BCUT2D eigenvalue weighted by Gasteiger charge is 2.37. The van der Waals surface area contributed by atoms with Crippen LogP contribution in [-0.2, 0) is 6.18 Å². The molecule has 1 amide bonds. The number of nitrogens with zero attached hydrogens (tertiary/aromatic N) is 2. The number of carbonyl (C=O) groups is 1. The summed E-state index contributed by atoms with van der Waals surface area (Å²) in [6.45, 7) is 5.34. The van der Waals surface area contributed by atoms with E-state index in [0.717, 1.165) is 21.8 Å². The second-order valence-electron chi connectivity index (χ2n) is 7.80. The highest BCUT2D eigenvalue weighted by Crippen LogP contribution is 2.37. The van der Waals surface area contributed by atoms with E-state index in [1.165, 1.54) is 12.4 Å². The van der Waals surface area contributed by atoms with Crippen molar-refractivity contribution >= 4 is 28.8 Å². The van der Waals surface area contributed by atoms with E-state index < -0.39 is 17.5 Å². The van der Waals surface area contributed by atoms with Gasteiger partial charge in [-0.1, -0.05) is 29.8 Å². The lowest BCUT2D eigenvalue weighted by atomic mass is 10.1. The van der Waals surface area contributed by atoms with Gasteiger partial charge in [0.15, 0.2) is 5.82 Å². The Morgan fingerprint density at radius 1 is 1.13 bits per heavy atom. The lowest BCUT2D eigenvalue weighted by Crippen LogP contribution is -2.57. The summed E-state index contributed by atoms with van der Waals surface area (Å²) in [4.78, 5) is 16.9. The number of aliphatic imine (C=N–C) groups is 1. The first-order valence-corrected chi connectivity index (χ1v) is 9.68. The molecule has 1 aliphatic rings. The van der Waals surface area contributed by atoms with Crippen molar-refractivity contribution in [3.63, 3.8) is 0 Å². The number of nitrogens with one attached hydrogen (secondary N) is 2. The number of carbonyl (C=O) groups excluding carboxylic acids is 1. The van der Waals surface area contributed by atoms with Crippen LogP contribution in [-0.4, -0.2) is 22.4 Å². The van der Waals surface area contributed by atoms with Gasteiger partial charge in [-0.3, -0.25) is 9.36 Å². The summed E-state index contributed by atoms with van der Waals surface area (Å²) in [5.41, 5.74) is 0.725. The average molecular weight is 426 g/mol. The maximum Gasteiger partial charge on any atom is 0.431 e. The molecule has 8 heteroatoms. The van der Waals surface area contributed by atoms with Crippen LogP contribution in [0.4, 0.5) is 13.2 Å². The van der Waals surface area contributed by atoms with E-state index in [4.69, 9.17) is 0 Å². The number of aryl methyl sites for hydroxylation is 2. The average Bonchev–Trinajstić information content (AvgIpc) is 3.07. The molecule has 0 bridgehead atoms. The van der Waals surface area contributed by atoms with Crippen LogP contribution in [0.25, 0.3) is 16.7 Å². The number of halogens is 3. The van der Waals surface area contributed by atoms with Gasteiger partial charge in [-0.05, 0) is 50.6 Å². The molecule has 0 radical (unpaired) electrons. The Kier molecular flexibility index (Phi) is 4.88. The molecule has 0 saturated carbocycles. The van der Waals surface area contributed by atoms with Crippen LogP contribution in [0.2, 0.25) is 0 Å². The summed E-state index contributed by atoms with van der Waals surface area (Å²) in [7, 11) is 0. The van der Waals surface area contributed by atoms with Crippen LogP contribution in [0.5, 0.6) is 0 Å². The molecule has 4 rings (SSSR count). The predicted octanol–water partition coefficient (Wildman–Crippen LogP) is 4.85. The normalized spacial score (nSPS) is 18.6. The van der Waals surface area contributed by atoms with Gasteiger partial charge in [0.25, 0.3) is 5.91 Å². The molecule has 2 heterocycles. The third kappa shape index (κ3) is 3.93. The molecule has 5 nitrogen and oxygen atoms in total. The zero-order valence-corrected chi connectivity index (χ0v) is 17.2. The van der Waals surface area contributed by atoms with Crippen LogP contribution in [0.3, 0.4) is 0 Å². The van der Waals surface area contributed by atoms with E-state index in [1.54, 1.807) is 37.3 Å². The fourth-order valence-electron chi connectivity index (χ4n) is 3.60. The van der Waals surface area contributed by atoms with Crippen molar-refractivity contribution in [2.24, 2.45) is 4.99 Å². The second-order valence-corrected chi connectivity index (χ2v) is 7.80. The first-order valence-electron chi connectivity index (χ1n) is 9.68. The Morgan fingerprint density at radius 3 is 2.52 bits per heavy atom. The molecule has 1 aliphatic heterocycles. The summed E-state index contributed by atoms with van der Waals surface area (Å²) in [5, 5.41) is 6.29. The zero-order valence-electron chi connectivity index (χ0n) is 17.2. The van der Waals surface area contributed by atoms with Gasteiger partial charge in [-0.2, -0.15) is 13.2 Å². The number of aromatic nitrogens is 1. The quantitative estimate of drug-likeness (QED) is 0.629. The van der Waals surface area contributed by atoms with Crippen LogP contribution in [0, 0.1) is 13.8 Å². The summed E-state index contributed by atoms with van der Waals surface area (Å²) < 4.78 is 42.2. The fourth-order valence-corrected chi connectivity index (χ4v) is 3.60. The van der Waals surface area contributed by atoms with Gasteiger partial charge in [-0.25, -0.2) is 4.99 Å². The fraction of sp³-hybridized carbons (Fsp3) is 0.217. The topological polar surface area (TPSA) is 58.4 Å². The molecular weight excluding hydrogens is 405 g/mol. The smallest absolute Gasteiger partial charge is 0.361 e. The van der Waals surface area contributed by atoms with Gasteiger partial charge in [0, 0.05) is 17.1 Å². The summed E-state index contributed by atoms with van der Waals surface area (Å²) in [5.74, 6) is -0.233. The minimum atomic E-state index is -4.55. The standard InChI is InChI=1S/C23H21F3N4O/c1-14-8-9-18-16(10-14)11-19(23(24,25)26)30(18)20-12-28-22(3,13-27-20)29-21(31)17-7-5-4-6-15(17)2/h4-13,28H,1-3H3,(H,29,31). The lowest BCUT2D eigenvalue weighted by Gasteiger charge is -2.31. The molecule has 0 saturated heterocycles. The van der Waals surface area contributed by atoms with Crippen molar-refractivity contribution in [1.82, 2.24) is 15.2 Å². The number of hydrogen-bond acceptors (Lipinski definition) is 3. The Hall–Kier alpha value is -3.55. The Bertz CT molecular complexity index is 1240. The van der Waals surface area contributed by atoms with Crippen molar-refractivity contribution in [3.05, 3.63) is 77.1 Å². The van der Waals surface area contributed by atoms with Gasteiger partial charge >= 0.3 is 6.18 Å². The maximum absolute atomic E-state index is 13.7. The molecule has 0 fully saturated rings. The number of hydrogen-bond donors (Lipinski definition) is 2. The van der Waals surface area contributed by atoms with Gasteiger partial charge < -0.3 is 10.6 Å². The molecule has 3 aromatic rings. The van der Waals surface area contributed by atoms with E-state index in [0.29, 0.717) is 16.5 Å². The van der Waals surface area contributed by atoms with Gasteiger partial charge in [-0.15, -0.1) is 0 Å². The van der Waals surface area contributed by atoms with Crippen molar-refractivity contribution in [2.75, 3.05) is 0 Å². The van der Waals surface area contributed by atoms with Gasteiger partial charge in [0.1, 0.15) is 11.4 Å². The van der Waals surface area contributed by atoms with Crippen LogP contribution in [0.15, 0.2) is 59.7 Å². The number of amides is 1. The van der Waals surface area contributed by atoms with E-state index in [9.17, 15) is 18.0 Å². The molecule has 1 aromatic heterocycles. The molecule has 31 heavy (non-hydrogen) atoms. The summed E-state index contributed by atoms with van der Waals surface area (Å²) >= 11 is 0. The molecule has 0 spiro atoms. The van der Waals surface area contributed by atoms with E-state index in [2.05, 4.69) is 15.6 Å². The van der Waals surface area contributed by atoms with E-state index >= 15 is 0 Å². The first-order chi connectivity index (χ1) is 14.6. The first kappa shape index (κ1) is 20.7. The monoisotopic (exact) mass is 426 g/mol. The van der Waals surface area contributed by atoms with Crippen LogP contribution < -0.4 is 10.6 Å². The minimum absolute atomic E-state index is 0.0776. The van der Waals surface area contributed by atoms with Crippen molar-refractivity contribution in [2.45, 2.75) is 32.6 Å². The summed E-state index contributed by atoms with van der Waals surface area (Å²) in [6, 6.07) is 13.4. The van der Waals surface area contributed by atoms with Crippen LogP contribution in [0.1, 0.15) is 34.1 Å². The molecule has 160 valence electrons. The maximum atomic E-state index is 13.7. The molecule has 0 aliphatic carbocycles. The number of fused-ring (bicyclic) bond motifs is 1. The van der Waals surface area contributed by atoms with E-state index in [1.807, 2.05) is 26.0 Å². The SMILES string of the molecule is Cc1ccc2c(c1)cc(C(F)(F)F)n2C1=CNC(C)(NC(=O)c2ccccc2C)C=N1. The second kappa shape index (κ2) is 7.30. The number of benzene rings is 2. The zero-order chi connectivity index (χ0) is 22.4. The Balaban J connectivity index is 1.66. The van der Waals surface area contributed by atoms with E-state index in [-0.39, 0.29) is 11.7 Å². The van der Waals surface area contributed by atoms with Crippen molar-refractivity contribution < 1.29 is 18.0 Å². The highest BCUT2D eigenvalue weighted by atomic mass is 19.4. The largest absolute Gasteiger partial charge is 0.431 e. The lowest BCUT2D eigenvalue weighted by molar-refractivity contribution is -0.142. The summed E-state index contributed by atoms with van der Waals surface area (Å²) in [6.07, 6.45) is -1.77. The highest BCUT2D eigenvalue weighted by molar-refractivity contribution is 5.98. The Morgan fingerprint density at radius 2 is 1.87 bits per heavy atom. The minimum Gasteiger partial charge on any atom is -0.361 e. The van der Waals surface area contributed by atoms with Crippen molar-refractivity contribution in [3.8, 4) is 0 Å². The third-order valence-corrected chi connectivity index (χ3v) is 5.20. The van der Waals surface area contributed by atoms with Crippen molar-refractivity contribution in [1.29, 1.82) is 0 Å². The van der Waals surface area contributed by atoms with Gasteiger partial charge in [0.05, 0.1) is 11.7 Å². The van der Waals surface area contributed by atoms with Gasteiger partial charge in [0.2, 0.25) is 0 Å². The molecule has 2 aromatic carbocycles. The van der Waals surface area contributed by atoms with Crippen LogP contribution >= 0.6 is 0 Å². The third-order valence-electron chi connectivity index (χ3n) is 5.20. The molecular formula is C23H21F3N4O. The predicted molar refractivity (Wildman–Crippen MR) is 115 cm³/mol. The molecule has 1 unspecified atom stereocenters. The Labute approximate surface area is 177 Å². The molecule has 1 atom stereocenters. The number of rotatable bonds is 3. The molecule has 2 N–H and O–H groups in total.